The molecule has 0 radical (unpaired) electrons. The Morgan fingerprint density at radius 1 is 1.44 bits per heavy atom. The first-order valence-electron chi connectivity index (χ1n) is 4.91. The Hall–Kier alpha value is -1.62. The summed E-state index contributed by atoms with van der Waals surface area (Å²) in [5, 5.41) is 9.08. The van der Waals surface area contributed by atoms with Gasteiger partial charge < -0.3 is 20.3 Å². The fraction of sp³-hybridized carbons (Fsp3) is 0.364. The van der Waals surface area contributed by atoms with Crippen molar-refractivity contribution in [2.45, 2.75) is 19.4 Å². The number of hydrogen-bond donors (Lipinski definition) is 2. The zero-order valence-corrected chi connectivity index (χ0v) is 9.15. The summed E-state index contributed by atoms with van der Waals surface area (Å²) in [5.41, 5.74) is 4.70. The van der Waals surface area contributed by atoms with Gasteiger partial charge in [0.25, 0.3) is 0 Å². The SMILES string of the molecule is CCOC(=O)[C@@H]([NH3+])Cc1ccc(O)cc1.[F-]. The minimum atomic E-state index is -0.394. The van der Waals surface area contributed by atoms with Gasteiger partial charge in [0.1, 0.15) is 5.75 Å². The lowest BCUT2D eigenvalue weighted by Crippen LogP contribution is -3.00. The highest BCUT2D eigenvalue weighted by molar-refractivity contribution is 5.74. The van der Waals surface area contributed by atoms with E-state index in [4.69, 9.17) is 9.84 Å². The number of halogens is 1. The number of ether oxygens (including phenoxy) is 1. The Bertz CT molecular complexity index is 327. The summed E-state index contributed by atoms with van der Waals surface area (Å²) >= 11 is 0. The molecule has 0 spiro atoms. The van der Waals surface area contributed by atoms with Crippen LogP contribution in [-0.4, -0.2) is 23.7 Å². The van der Waals surface area contributed by atoms with Crippen molar-refractivity contribution in [3.8, 4) is 5.75 Å². The topological polar surface area (TPSA) is 74.2 Å². The van der Waals surface area contributed by atoms with Crippen LogP contribution in [0.1, 0.15) is 12.5 Å². The molecular weight excluding hydrogens is 213 g/mol. The number of phenols is 1. The van der Waals surface area contributed by atoms with Crippen molar-refractivity contribution in [1.29, 1.82) is 0 Å². The van der Waals surface area contributed by atoms with Gasteiger partial charge in [0.15, 0.2) is 6.04 Å². The first kappa shape index (κ1) is 14.4. The van der Waals surface area contributed by atoms with Crippen LogP contribution in [0.25, 0.3) is 0 Å². The lowest BCUT2D eigenvalue weighted by Gasteiger charge is -2.07. The van der Waals surface area contributed by atoms with E-state index in [0.29, 0.717) is 13.0 Å². The molecule has 16 heavy (non-hydrogen) atoms. The van der Waals surface area contributed by atoms with Gasteiger partial charge >= 0.3 is 5.97 Å². The molecule has 0 saturated heterocycles. The molecule has 4 N–H and O–H groups in total. The highest BCUT2D eigenvalue weighted by Crippen LogP contribution is 2.10. The van der Waals surface area contributed by atoms with Crippen LogP contribution in [0.4, 0.5) is 0 Å². The van der Waals surface area contributed by atoms with Crippen LogP contribution in [-0.2, 0) is 16.0 Å². The van der Waals surface area contributed by atoms with Crippen molar-refractivity contribution in [2.24, 2.45) is 0 Å². The van der Waals surface area contributed by atoms with Gasteiger partial charge in [0.05, 0.1) is 6.61 Å². The molecule has 1 atom stereocenters. The number of esters is 1. The van der Waals surface area contributed by atoms with E-state index in [9.17, 15) is 4.79 Å². The maximum atomic E-state index is 11.3. The van der Waals surface area contributed by atoms with Crippen LogP contribution < -0.4 is 10.4 Å². The average molecular weight is 229 g/mol. The molecule has 5 heteroatoms. The smallest absolute Gasteiger partial charge is 0.365 e. The minimum absolute atomic E-state index is 0. The first-order valence-corrected chi connectivity index (χ1v) is 4.91. The second-order valence-electron chi connectivity index (χ2n) is 3.32. The van der Waals surface area contributed by atoms with E-state index in [0.717, 1.165) is 5.56 Å². The molecule has 4 nitrogen and oxygen atoms in total. The van der Waals surface area contributed by atoms with Gasteiger partial charge in [-0.25, -0.2) is 4.79 Å². The Morgan fingerprint density at radius 2 is 2.00 bits per heavy atom. The number of rotatable bonds is 4. The quantitative estimate of drug-likeness (QED) is 0.544. The van der Waals surface area contributed by atoms with Crippen LogP contribution in [0.5, 0.6) is 5.75 Å². The lowest BCUT2D eigenvalue weighted by molar-refractivity contribution is -0.407. The number of phenolic OH excluding ortho intramolecular Hbond substituents is 1. The summed E-state index contributed by atoms with van der Waals surface area (Å²) in [4.78, 5) is 11.3. The number of carbonyl (C=O) groups is 1. The number of quaternary nitrogens is 1. The van der Waals surface area contributed by atoms with Crippen LogP contribution in [0.3, 0.4) is 0 Å². The maximum absolute atomic E-state index is 11.3. The van der Waals surface area contributed by atoms with Crippen LogP contribution in [0, 0.1) is 0 Å². The van der Waals surface area contributed by atoms with Crippen molar-refractivity contribution >= 4 is 5.97 Å². The largest absolute Gasteiger partial charge is 1.00 e. The highest BCUT2D eigenvalue weighted by atomic mass is 19.0. The van der Waals surface area contributed by atoms with Crippen LogP contribution in [0.15, 0.2) is 24.3 Å². The standard InChI is InChI=1S/C11H15NO3.FH/c1-2-15-11(14)10(12)7-8-3-5-9(13)6-4-8;/h3-6,10,13H,2,7,12H2,1H3;1H/t10-;/m0./s1. The fourth-order valence-corrected chi connectivity index (χ4v) is 1.26. The Morgan fingerprint density at radius 3 is 2.50 bits per heavy atom. The van der Waals surface area contributed by atoms with Gasteiger partial charge in [-0.2, -0.15) is 0 Å². The number of benzene rings is 1. The molecule has 0 fully saturated rings. The zero-order valence-electron chi connectivity index (χ0n) is 9.15. The van der Waals surface area contributed by atoms with E-state index in [1.165, 1.54) is 0 Å². The molecule has 1 rings (SSSR count). The van der Waals surface area contributed by atoms with Gasteiger partial charge in [-0.1, -0.05) is 12.1 Å². The van der Waals surface area contributed by atoms with Crippen molar-refractivity contribution in [3.05, 3.63) is 29.8 Å². The summed E-state index contributed by atoms with van der Waals surface area (Å²) in [6, 6.07) is 6.33. The predicted molar refractivity (Wildman–Crippen MR) is 55.1 cm³/mol. The van der Waals surface area contributed by atoms with Crippen LogP contribution in [0.2, 0.25) is 0 Å². The molecule has 0 heterocycles. The molecule has 0 aliphatic carbocycles. The monoisotopic (exact) mass is 229 g/mol. The van der Waals surface area contributed by atoms with Crippen molar-refractivity contribution in [3.63, 3.8) is 0 Å². The fourth-order valence-electron chi connectivity index (χ4n) is 1.26. The Balaban J connectivity index is 0.00000225. The van der Waals surface area contributed by atoms with E-state index < -0.39 is 6.04 Å². The zero-order chi connectivity index (χ0) is 11.3. The molecule has 0 saturated carbocycles. The van der Waals surface area contributed by atoms with Gasteiger partial charge in [-0.05, 0) is 24.6 Å². The van der Waals surface area contributed by atoms with Gasteiger partial charge in [-0.15, -0.1) is 0 Å². The molecule has 1 aromatic rings. The van der Waals surface area contributed by atoms with E-state index in [-0.39, 0.29) is 16.4 Å². The molecule has 0 bridgehead atoms. The summed E-state index contributed by atoms with van der Waals surface area (Å²) in [6.07, 6.45) is 0.527. The first-order chi connectivity index (χ1) is 7.13. The molecule has 0 aliphatic rings. The average Bonchev–Trinajstić information content (AvgIpc) is 2.22. The molecular formula is C11H16FNO3. The number of hydrogen-bond acceptors (Lipinski definition) is 3. The van der Waals surface area contributed by atoms with Crippen LogP contribution >= 0.6 is 0 Å². The Labute approximate surface area is 93.4 Å². The lowest BCUT2D eigenvalue weighted by atomic mass is 10.1. The molecule has 0 aromatic heterocycles. The van der Waals surface area contributed by atoms with Crippen molar-refractivity contribution in [2.75, 3.05) is 6.61 Å². The third-order valence-corrected chi connectivity index (χ3v) is 2.04. The minimum Gasteiger partial charge on any atom is -1.00 e. The van der Waals surface area contributed by atoms with Crippen molar-refractivity contribution < 1.29 is 25.1 Å². The number of carbonyl (C=O) groups excluding carboxylic acids is 1. The molecule has 0 amide bonds. The second kappa shape index (κ2) is 6.79. The molecule has 0 unspecified atom stereocenters. The van der Waals surface area contributed by atoms with E-state index in [2.05, 4.69) is 5.73 Å². The van der Waals surface area contributed by atoms with E-state index >= 15 is 0 Å². The summed E-state index contributed by atoms with van der Waals surface area (Å²) in [6.45, 7) is 2.14. The second-order valence-corrected chi connectivity index (χ2v) is 3.32. The predicted octanol–water partition coefficient (Wildman–Crippen LogP) is -2.89. The van der Waals surface area contributed by atoms with Gasteiger partial charge in [-0.3, -0.25) is 0 Å². The van der Waals surface area contributed by atoms with E-state index in [1.54, 1.807) is 31.2 Å². The van der Waals surface area contributed by atoms with Crippen molar-refractivity contribution in [1.82, 2.24) is 0 Å². The third-order valence-electron chi connectivity index (χ3n) is 2.04. The summed E-state index contributed by atoms with van der Waals surface area (Å²) < 4.78 is 4.85. The maximum Gasteiger partial charge on any atom is 0.365 e. The molecule has 90 valence electrons. The number of aromatic hydroxyl groups is 1. The highest BCUT2D eigenvalue weighted by Gasteiger charge is 2.18. The van der Waals surface area contributed by atoms with E-state index in [1.807, 2.05) is 0 Å². The summed E-state index contributed by atoms with van der Waals surface area (Å²) in [7, 11) is 0. The van der Waals surface area contributed by atoms with Gasteiger partial charge in [0, 0.05) is 6.42 Å². The summed E-state index contributed by atoms with van der Waals surface area (Å²) in [5.74, 6) is -0.0685. The van der Waals surface area contributed by atoms with Gasteiger partial charge in [0.2, 0.25) is 0 Å². The normalized spacial score (nSPS) is 11.4. The Kier molecular flexibility index (Phi) is 6.10. The molecule has 0 aliphatic heterocycles. The molecule has 1 aromatic carbocycles. The third kappa shape index (κ3) is 4.27.